The van der Waals surface area contributed by atoms with Crippen LogP contribution in [0.5, 0.6) is 0 Å². The Balaban J connectivity index is 1.51. The maximum absolute atomic E-state index is 13.9. The molecule has 0 aliphatic rings. The van der Waals surface area contributed by atoms with Gasteiger partial charge in [-0.15, -0.1) is 0 Å². The van der Waals surface area contributed by atoms with E-state index in [1.165, 1.54) is 12.1 Å². The number of aryl methyl sites for hydroxylation is 1. The summed E-state index contributed by atoms with van der Waals surface area (Å²) in [6.45, 7) is 0.205. The molecule has 0 radical (unpaired) electrons. The van der Waals surface area contributed by atoms with Crippen LogP contribution in [0.4, 0.5) is 8.78 Å². The fraction of sp³-hybridized carbons (Fsp3) is 0.150. The summed E-state index contributed by atoms with van der Waals surface area (Å²) >= 11 is 0. The number of rotatable bonds is 6. The van der Waals surface area contributed by atoms with Crippen LogP contribution in [0, 0.1) is 11.6 Å². The van der Waals surface area contributed by atoms with E-state index < -0.39 is 17.5 Å². The van der Waals surface area contributed by atoms with E-state index in [4.69, 9.17) is 4.52 Å². The van der Waals surface area contributed by atoms with Gasteiger partial charge in [-0.25, -0.2) is 8.78 Å². The minimum absolute atomic E-state index is 0.00995. The lowest BCUT2D eigenvalue weighted by Crippen LogP contribution is -2.29. The third kappa shape index (κ3) is 4.07. The minimum Gasteiger partial charge on any atom is -0.355 e. The maximum Gasteiger partial charge on any atom is 0.273 e. The van der Waals surface area contributed by atoms with Crippen molar-refractivity contribution in [2.24, 2.45) is 7.05 Å². The summed E-state index contributed by atoms with van der Waals surface area (Å²) in [6.07, 6.45) is 8.28. The molecule has 1 amide bonds. The van der Waals surface area contributed by atoms with Crippen LogP contribution in [-0.4, -0.2) is 37.4 Å². The van der Waals surface area contributed by atoms with Crippen molar-refractivity contribution in [3.05, 3.63) is 83.8 Å². The lowest BCUT2D eigenvalue weighted by molar-refractivity contribution is 0.0943. The van der Waals surface area contributed by atoms with Crippen molar-refractivity contribution in [2.75, 3.05) is 6.54 Å². The number of nitrogens with one attached hydrogen (secondary N) is 1. The number of hydrogen-bond donors (Lipinski definition) is 1. The number of carbonyl (C=O) groups is 1. The molecule has 1 aromatic carbocycles. The minimum atomic E-state index is -0.808. The molecule has 8 nitrogen and oxygen atoms in total. The monoisotopic (exact) mass is 410 g/mol. The van der Waals surface area contributed by atoms with E-state index in [9.17, 15) is 13.6 Å². The zero-order chi connectivity index (χ0) is 21.1. The SMILES string of the molecule is Cn1cc(C(CNC(=O)c2cc(-c3ccc(F)cc3F)on2)c2cnccn2)cn1. The Morgan fingerprint density at radius 2 is 2.10 bits per heavy atom. The van der Waals surface area contributed by atoms with Crippen LogP contribution in [0.3, 0.4) is 0 Å². The van der Waals surface area contributed by atoms with E-state index in [1.54, 1.807) is 36.5 Å². The molecule has 10 heteroatoms. The molecule has 0 bridgehead atoms. The molecular formula is C20H16F2N6O2. The molecule has 1 atom stereocenters. The number of aromatic nitrogens is 5. The van der Waals surface area contributed by atoms with Gasteiger partial charge in [-0.1, -0.05) is 5.16 Å². The molecule has 0 aliphatic carbocycles. The van der Waals surface area contributed by atoms with E-state index in [0.717, 1.165) is 17.7 Å². The highest BCUT2D eigenvalue weighted by atomic mass is 19.1. The summed E-state index contributed by atoms with van der Waals surface area (Å²) in [4.78, 5) is 21.0. The number of nitrogens with zero attached hydrogens (tertiary/aromatic N) is 5. The number of halogens is 2. The van der Waals surface area contributed by atoms with Gasteiger partial charge in [-0.2, -0.15) is 5.10 Å². The molecule has 30 heavy (non-hydrogen) atoms. The lowest BCUT2D eigenvalue weighted by Gasteiger charge is -2.14. The molecule has 4 aromatic rings. The summed E-state index contributed by atoms with van der Waals surface area (Å²) in [5, 5.41) is 10.6. The average molecular weight is 410 g/mol. The van der Waals surface area contributed by atoms with Gasteiger partial charge in [-0.3, -0.25) is 19.4 Å². The first-order valence-corrected chi connectivity index (χ1v) is 8.96. The third-order valence-corrected chi connectivity index (χ3v) is 4.47. The number of benzene rings is 1. The van der Waals surface area contributed by atoms with Gasteiger partial charge in [0.1, 0.15) is 11.6 Å². The molecule has 1 unspecified atom stereocenters. The van der Waals surface area contributed by atoms with Crippen molar-refractivity contribution in [2.45, 2.75) is 5.92 Å². The van der Waals surface area contributed by atoms with E-state index in [-0.39, 0.29) is 29.5 Å². The largest absolute Gasteiger partial charge is 0.355 e. The van der Waals surface area contributed by atoms with Gasteiger partial charge in [0.25, 0.3) is 5.91 Å². The second kappa shape index (κ2) is 8.19. The molecule has 0 fully saturated rings. The fourth-order valence-electron chi connectivity index (χ4n) is 2.99. The van der Waals surface area contributed by atoms with Gasteiger partial charge in [0.15, 0.2) is 11.5 Å². The Hall–Kier alpha value is -3.95. The quantitative estimate of drug-likeness (QED) is 0.525. The zero-order valence-corrected chi connectivity index (χ0v) is 15.8. The molecule has 0 saturated heterocycles. The van der Waals surface area contributed by atoms with Gasteiger partial charge in [0, 0.05) is 62.0 Å². The van der Waals surface area contributed by atoms with Crippen molar-refractivity contribution in [3.8, 4) is 11.3 Å². The van der Waals surface area contributed by atoms with Gasteiger partial charge < -0.3 is 9.84 Å². The number of amides is 1. The summed E-state index contributed by atoms with van der Waals surface area (Å²) in [5.74, 6) is -2.28. The van der Waals surface area contributed by atoms with Gasteiger partial charge in [0.05, 0.1) is 17.5 Å². The Bertz CT molecular complexity index is 1180. The van der Waals surface area contributed by atoms with Gasteiger partial charge in [-0.05, 0) is 12.1 Å². The summed E-state index contributed by atoms with van der Waals surface area (Å²) < 4.78 is 33.7. The van der Waals surface area contributed by atoms with Crippen molar-refractivity contribution < 1.29 is 18.1 Å². The number of hydrogen-bond acceptors (Lipinski definition) is 6. The molecule has 152 valence electrons. The van der Waals surface area contributed by atoms with E-state index in [2.05, 4.69) is 25.5 Å². The predicted octanol–water partition coefficient (Wildman–Crippen LogP) is 2.71. The van der Waals surface area contributed by atoms with Gasteiger partial charge >= 0.3 is 0 Å². The van der Waals surface area contributed by atoms with Crippen molar-refractivity contribution in [3.63, 3.8) is 0 Å². The molecule has 0 spiro atoms. The van der Waals surface area contributed by atoms with Crippen LogP contribution in [0.15, 0.2) is 59.8 Å². The normalized spacial score (nSPS) is 12.0. The van der Waals surface area contributed by atoms with Crippen LogP contribution in [0.2, 0.25) is 0 Å². The topological polar surface area (TPSA) is 98.7 Å². The standard InChI is InChI=1S/C20H16F2N6O2/c1-28-11-12(8-26-28)15(18-10-23-4-5-24-18)9-25-20(29)17-7-19(30-27-17)14-3-2-13(21)6-16(14)22/h2-8,10-11,15H,9H2,1H3,(H,25,29). The molecule has 0 aliphatic heterocycles. The second-order valence-corrected chi connectivity index (χ2v) is 6.54. The Kier molecular flexibility index (Phi) is 5.29. The van der Waals surface area contributed by atoms with Crippen molar-refractivity contribution in [1.82, 2.24) is 30.2 Å². The van der Waals surface area contributed by atoms with Crippen molar-refractivity contribution >= 4 is 5.91 Å². The van der Waals surface area contributed by atoms with Crippen molar-refractivity contribution in [1.29, 1.82) is 0 Å². The lowest BCUT2D eigenvalue weighted by atomic mass is 9.99. The van der Waals surface area contributed by atoms with Crippen LogP contribution >= 0.6 is 0 Å². The fourth-order valence-corrected chi connectivity index (χ4v) is 2.99. The average Bonchev–Trinajstić information content (AvgIpc) is 3.38. The first kappa shape index (κ1) is 19.4. The molecule has 3 heterocycles. The third-order valence-electron chi connectivity index (χ3n) is 4.47. The molecule has 1 N–H and O–H groups in total. The zero-order valence-electron chi connectivity index (χ0n) is 15.8. The first-order chi connectivity index (χ1) is 14.5. The maximum atomic E-state index is 13.9. The van der Waals surface area contributed by atoms with E-state index in [1.807, 2.05) is 6.20 Å². The summed E-state index contributed by atoms with van der Waals surface area (Å²) in [6, 6.07) is 4.35. The molecule has 3 aromatic heterocycles. The predicted molar refractivity (Wildman–Crippen MR) is 101 cm³/mol. The summed E-state index contributed by atoms with van der Waals surface area (Å²) in [5.41, 5.74) is 1.50. The van der Waals surface area contributed by atoms with Gasteiger partial charge in [0.2, 0.25) is 0 Å². The van der Waals surface area contributed by atoms with Crippen LogP contribution in [0.1, 0.15) is 27.7 Å². The number of carbonyl (C=O) groups excluding carboxylic acids is 1. The van der Waals surface area contributed by atoms with Crippen LogP contribution < -0.4 is 5.32 Å². The van der Waals surface area contributed by atoms with Crippen LogP contribution in [-0.2, 0) is 7.05 Å². The first-order valence-electron chi connectivity index (χ1n) is 8.96. The molecule has 0 saturated carbocycles. The Morgan fingerprint density at radius 1 is 1.23 bits per heavy atom. The van der Waals surface area contributed by atoms with E-state index >= 15 is 0 Å². The highest BCUT2D eigenvalue weighted by molar-refractivity contribution is 5.93. The summed E-state index contributed by atoms with van der Waals surface area (Å²) in [7, 11) is 1.79. The smallest absolute Gasteiger partial charge is 0.273 e. The Morgan fingerprint density at radius 3 is 2.80 bits per heavy atom. The second-order valence-electron chi connectivity index (χ2n) is 6.54. The molecule has 4 rings (SSSR count). The highest BCUT2D eigenvalue weighted by Gasteiger charge is 2.21. The highest BCUT2D eigenvalue weighted by Crippen LogP contribution is 2.25. The van der Waals surface area contributed by atoms with E-state index in [0.29, 0.717) is 5.69 Å². The molecular weight excluding hydrogens is 394 g/mol. The van der Waals surface area contributed by atoms with Crippen LogP contribution in [0.25, 0.3) is 11.3 Å². The Labute approximate surface area is 169 Å².